The molecule has 2 atom stereocenters. The van der Waals surface area contributed by atoms with Gasteiger partial charge in [-0.25, -0.2) is 0 Å². The molecule has 0 fully saturated rings. The van der Waals surface area contributed by atoms with Gasteiger partial charge in [-0.3, -0.25) is 8.42 Å². The first-order valence-electron chi connectivity index (χ1n) is 6.60. The Bertz CT molecular complexity index is 706. The maximum absolute atomic E-state index is 11.9. The van der Waals surface area contributed by atoms with Gasteiger partial charge in [0.25, 0.3) is 0 Å². The highest BCUT2D eigenvalue weighted by Crippen LogP contribution is 2.05. The summed E-state index contributed by atoms with van der Waals surface area (Å²) in [7, 11) is -2.26. The zero-order valence-corrected chi connectivity index (χ0v) is 13.5. The first-order valence-corrected chi connectivity index (χ1v) is 9.24. The minimum atomic E-state index is -1.13. The molecule has 2 rings (SSSR count). The monoisotopic (exact) mass is 326 g/mol. The SMILES string of the molecule is O=S(CC#CC#CCS(=O)c1ccccc1)c1ccccc1. The Morgan fingerprint density at radius 3 is 1.36 bits per heavy atom. The molecular weight excluding hydrogens is 312 g/mol. The van der Waals surface area contributed by atoms with Gasteiger partial charge in [-0.2, -0.15) is 0 Å². The molecule has 0 spiro atoms. The Morgan fingerprint density at radius 1 is 0.636 bits per heavy atom. The summed E-state index contributed by atoms with van der Waals surface area (Å²) in [4.78, 5) is 1.52. The summed E-state index contributed by atoms with van der Waals surface area (Å²) in [5, 5.41) is 0. The molecule has 2 aromatic carbocycles. The van der Waals surface area contributed by atoms with Crippen molar-refractivity contribution in [1.82, 2.24) is 0 Å². The summed E-state index contributed by atoms with van der Waals surface area (Å²) < 4.78 is 23.8. The predicted molar refractivity (Wildman–Crippen MR) is 91.0 cm³/mol. The second-order valence-corrected chi connectivity index (χ2v) is 7.11. The summed E-state index contributed by atoms with van der Waals surface area (Å²) in [6.45, 7) is 0. The molecule has 4 heteroatoms. The molecule has 2 aromatic rings. The van der Waals surface area contributed by atoms with Crippen LogP contribution in [0.15, 0.2) is 70.5 Å². The van der Waals surface area contributed by atoms with Crippen LogP contribution in [-0.4, -0.2) is 19.9 Å². The van der Waals surface area contributed by atoms with E-state index >= 15 is 0 Å². The third-order valence-electron chi connectivity index (χ3n) is 2.66. The molecule has 110 valence electrons. The fourth-order valence-corrected chi connectivity index (χ4v) is 3.26. The lowest BCUT2D eigenvalue weighted by atomic mass is 10.4. The fraction of sp³-hybridized carbons (Fsp3) is 0.111. The van der Waals surface area contributed by atoms with Crippen LogP contribution >= 0.6 is 0 Å². The average Bonchev–Trinajstić information content (AvgIpc) is 2.59. The number of rotatable bonds is 4. The van der Waals surface area contributed by atoms with E-state index in [1.54, 1.807) is 0 Å². The molecule has 2 unspecified atom stereocenters. The smallest absolute Gasteiger partial charge is 0.0904 e. The lowest BCUT2D eigenvalue weighted by Gasteiger charge is -1.95. The van der Waals surface area contributed by atoms with Crippen molar-refractivity contribution in [2.45, 2.75) is 9.79 Å². The largest absolute Gasteiger partial charge is 0.253 e. The molecule has 2 nitrogen and oxygen atoms in total. The van der Waals surface area contributed by atoms with Crippen molar-refractivity contribution in [3.05, 3.63) is 60.7 Å². The van der Waals surface area contributed by atoms with Gasteiger partial charge < -0.3 is 0 Å². The Morgan fingerprint density at radius 2 is 1.00 bits per heavy atom. The number of hydrogen-bond acceptors (Lipinski definition) is 2. The predicted octanol–water partition coefficient (Wildman–Crippen LogP) is 2.61. The summed E-state index contributed by atoms with van der Waals surface area (Å²) in [5.41, 5.74) is 0. The molecule has 0 heterocycles. The van der Waals surface area contributed by atoms with Gasteiger partial charge >= 0.3 is 0 Å². The van der Waals surface area contributed by atoms with Crippen molar-refractivity contribution < 1.29 is 8.42 Å². The molecule has 0 aliphatic heterocycles. The maximum atomic E-state index is 11.9. The van der Waals surface area contributed by atoms with E-state index in [2.05, 4.69) is 23.7 Å². The van der Waals surface area contributed by atoms with Gasteiger partial charge in [0.2, 0.25) is 0 Å². The van der Waals surface area contributed by atoms with Crippen molar-refractivity contribution in [3.63, 3.8) is 0 Å². The van der Waals surface area contributed by atoms with Crippen molar-refractivity contribution in [1.29, 1.82) is 0 Å². The standard InChI is InChI=1S/C18H14O2S2/c19-21(17-11-5-3-6-12-17)15-9-1-2-10-16-22(20)18-13-7-4-8-14-18/h3-8,11-14H,15-16H2. The quantitative estimate of drug-likeness (QED) is 0.810. The Labute approximate surface area is 135 Å². The summed E-state index contributed by atoms with van der Waals surface area (Å²) >= 11 is 0. The lowest BCUT2D eigenvalue weighted by Crippen LogP contribution is -1.95. The average molecular weight is 326 g/mol. The zero-order chi connectivity index (χ0) is 15.6. The Balaban J connectivity index is 1.82. The van der Waals surface area contributed by atoms with Crippen LogP contribution in [-0.2, 0) is 21.6 Å². The van der Waals surface area contributed by atoms with Gasteiger partial charge in [-0.05, 0) is 36.1 Å². The topological polar surface area (TPSA) is 34.1 Å². The van der Waals surface area contributed by atoms with Crippen molar-refractivity contribution in [2.24, 2.45) is 0 Å². The highest BCUT2D eigenvalue weighted by Gasteiger charge is 1.99. The van der Waals surface area contributed by atoms with Crippen molar-refractivity contribution in [3.8, 4) is 23.7 Å². The van der Waals surface area contributed by atoms with Crippen LogP contribution in [0.4, 0.5) is 0 Å². The second-order valence-electron chi connectivity index (χ2n) is 4.21. The molecule has 0 bridgehead atoms. The number of benzene rings is 2. The Kier molecular flexibility index (Phi) is 6.64. The van der Waals surface area contributed by atoms with E-state index in [1.165, 1.54) is 0 Å². The first kappa shape index (κ1) is 16.2. The van der Waals surface area contributed by atoms with Gasteiger partial charge in [-0.1, -0.05) is 48.2 Å². The van der Waals surface area contributed by atoms with E-state index in [1.807, 2.05) is 60.7 Å². The summed E-state index contributed by atoms with van der Waals surface area (Å²) in [6.07, 6.45) is 0. The van der Waals surface area contributed by atoms with Crippen LogP contribution in [0.25, 0.3) is 0 Å². The molecular formula is C18H14O2S2. The summed E-state index contributed by atoms with van der Waals surface area (Å²) in [5.74, 6) is 11.4. The van der Waals surface area contributed by atoms with Gasteiger partial charge in [0.15, 0.2) is 0 Å². The first-order chi connectivity index (χ1) is 10.8. The molecule has 0 aliphatic carbocycles. The van der Waals surface area contributed by atoms with Crippen LogP contribution in [0.5, 0.6) is 0 Å². The van der Waals surface area contributed by atoms with Crippen molar-refractivity contribution >= 4 is 21.6 Å². The highest BCUT2D eigenvalue weighted by molar-refractivity contribution is 7.85. The molecule has 0 aromatic heterocycles. The van der Waals surface area contributed by atoms with Crippen LogP contribution < -0.4 is 0 Å². The van der Waals surface area contributed by atoms with Crippen LogP contribution in [0, 0.1) is 23.7 Å². The van der Waals surface area contributed by atoms with E-state index in [0.29, 0.717) is 0 Å². The van der Waals surface area contributed by atoms with Gasteiger partial charge in [0, 0.05) is 9.79 Å². The lowest BCUT2D eigenvalue weighted by molar-refractivity contribution is 0.684. The molecule has 0 N–H and O–H groups in total. The Hall–Kier alpha value is -2.14. The third-order valence-corrected chi connectivity index (χ3v) is 5.07. The molecule has 0 saturated heterocycles. The second kappa shape index (κ2) is 9.00. The minimum absolute atomic E-state index is 0.250. The van der Waals surface area contributed by atoms with Gasteiger partial charge in [0.1, 0.15) is 0 Å². The van der Waals surface area contributed by atoms with E-state index in [0.717, 1.165) is 9.79 Å². The van der Waals surface area contributed by atoms with Crippen LogP contribution in [0.3, 0.4) is 0 Å². The third kappa shape index (κ3) is 5.33. The fourth-order valence-electron chi connectivity index (χ4n) is 1.60. The summed E-state index contributed by atoms with van der Waals surface area (Å²) in [6, 6.07) is 18.4. The van der Waals surface area contributed by atoms with E-state index < -0.39 is 21.6 Å². The molecule has 0 radical (unpaired) electrons. The zero-order valence-electron chi connectivity index (χ0n) is 11.8. The number of hydrogen-bond donors (Lipinski definition) is 0. The minimum Gasteiger partial charge on any atom is -0.253 e. The highest BCUT2D eigenvalue weighted by atomic mass is 32.2. The van der Waals surface area contributed by atoms with E-state index in [9.17, 15) is 8.42 Å². The molecule has 0 aliphatic rings. The van der Waals surface area contributed by atoms with Crippen LogP contribution in [0.1, 0.15) is 0 Å². The maximum Gasteiger partial charge on any atom is 0.0904 e. The molecule has 0 saturated carbocycles. The van der Waals surface area contributed by atoms with E-state index in [4.69, 9.17) is 0 Å². The molecule has 0 amide bonds. The molecule has 22 heavy (non-hydrogen) atoms. The normalized spacial score (nSPS) is 12.2. The van der Waals surface area contributed by atoms with Gasteiger partial charge in [-0.15, -0.1) is 0 Å². The van der Waals surface area contributed by atoms with Crippen LogP contribution in [0.2, 0.25) is 0 Å². The van der Waals surface area contributed by atoms with Crippen molar-refractivity contribution in [2.75, 3.05) is 11.5 Å². The van der Waals surface area contributed by atoms with Gasteiger partial charge in [0.05, 0.1) is 33.1 Å². The van der Waals surface area contributed by atoms with E-state index in [-0.39, 0.29) is 11.5 Å².